The van der Waals surface area contributed by atoms with Gasteiger partial charge in [0.15, 0.2) is 6.10 Å². The molecule has 1 aromatic carbocycles. The molecule has 2 aliphatic rings. The average Bonchev–Trinajstić information content (AvgIpc) is 3.13. The number of benzene rings is 1. The quantitative estimate of drug-likeness (QED) is 0.254. The Bertz CT molecular complexity index is 1500. The van der Waals surface area contributed by atoms with Gasteiger partial charge in [-0.05, 0) is 30.3 Å². The molecular formula is C21H17F3N2O7S. The third-order valence-corrected chi connectivity index (χ3v) is 6.22. The van der Waals surface area contributed by atoms with Gasteiger partial charge >= 0.3 is 21.6 Å². The van der Waals surface area contributed by atoms with Gasteiger partial charge in [0.05, 0.1) is 29.0 Å². The first-order valence-electron chi connectivity index (χ1n) is 10.0. The highest BCUT2D eigenvalue weighted by molar-refractivity contribution is 7.88. The standard InChI is InChI=1S/C19H11F3N2O7S.C2H6/c20-19(21,22)32(28,29)31-10-1-2-13-8(4-10)3-9-6-24-14(15(9)23-13)5-11-12(17(24)26)7-30-18(27)16(11)25;1-2/h1-5,16,25H,6-7H2;1-2H3. The molecule has 9 nitrogen and oxygen atoms in total. The second kappa shape index (κ2) is 8.09. The molecule has 34 heavy (non-hydrogen) atoms. The predicted molar refractivity (Wildman–Crippen MR) is 112 cm³/mol. The van der Waals surface area contributed by atoms with Crippen molar-refractivity contribution >= 4 is 27.0 Å². The number of aliphatic hydroxyl groups excluding tert-OH is 1. The number of nitrogens with zero attached hydrogens (tertiary/aromatic N) is 2. The lowest BCUT2D eigenvalue weighted by Crippen LogP contribution is -2.32. The summed E-state index contributed by atoms with van der Waals surface area (Å²) >= 11 is 0. The van der Waals surface area contributed by atoms with E-state index >= 15 is 0 Å². The van der Waals surface area contributed by atoms with Gasteiger partial charge in [0.1, 0.15) is 12.4 Å². The topological polar surface area (TPSA) is 125 Å². The maximum atomic E-state index is 12.9. The molecule has 1 atom stereocenters. The maximum absolute atomic E-state index is 12.9. The molecule has 0 aliphatic carbocycles. The molecule has 1 unspecified atom stereocenters. The molecule has 0 spiro atoms. The minimum absolute atomic E-state index is 0.0791. The van der Waals surface area contributed by atoms with E-state index in [0.29, 0.717) is 27.9 Å². The largest absolute Gasteiger partial charge is 0.534 e. The van der Waals surface area contributed by atoms with Crippen LogP contribution in [-0.2, 0) is 32.8 Å². The van der Waals surface area contributed by atoms with Crippen LogP contribution < -0.4 is 9.74 Å². The van der Waals surface area contributed by atoms with Crippen LogP contribution in [0.3, 0.4) is 0 Å². The van der Waals surface area contributed by atoms with E-state index in [1.54, 1.807) is 6.07 Å². The predicted octanol–water partition coefficient (Wildman–Crippen LogP) is 2.77. The molecule has 0 saturated carbocycles. The third kappa shape index (κ3) is 3.70. The Morgan fingerprint density at radius 3 is 2.56 bits per heavy atom. The molecule has 180 valence electrons. The van der Waals surface area contributed by atoms with Crippen molar-refractivity contribution in [1.29, 1.82) is 0 Å². The first-order chi connectivity index (χ1) is 16.0. The first kappa shape index (κ1) is 23.7. The van der Waals surface area contributed by atoms with Crippen molar-refractivity contribution in [3.63, 3.8) is 0 Å². The lowest BCUT2D eigenvalue weighted by atomic mass is 10.0. The highest BCUT2D eigenvalue weighted by Gasteiger charge is 2.48. The summed E-state index contributed by atoms with van der Waals surface area (Å²) in [5, 5.41) is 10.4. The van der Waals surface area contributed by atoms with E-state index in [0.717, 1.165) is 12.1 Å². The third-order valence-electron chi connectivity index (χ3n) is 5.24. The van der Waals surface area contributed by atoms with E-state index in [1.165, 1.54) is 16.7 Å². The highest BCUT2D eigenvalue weighted by atomic mass is 32.2. The van der Waals surface area contributed by atoms with Gasteiger partial charge in [-0.25, -0.2) is 9.78 Å². The summed E-state index contributed by atoms with van der Waals surface area (Å²) in [4.78, 5) is 29.0. The average molecular weight is 498 g/mol. The monoisotopic (exact) mass is 498 g/mol. The molecule has 4 heterocycles. The van der Waals surface area contributed by atoms with Gasteiger partial charge in [-0.15, -0.1) is 0 Å². The number of ether oxygens (including phenoxy) is 1. The van der Waals surface area contributed by atoms with E-state index in [4.69, 9.17) is 4.74 Å². The van der Waals surface area contributed by atoms with Crippen LogP contribution in [0.2, 0.25) is 0 Å². The van der Waals surface area contributed by atoms with Crippen LogP contribution in [0.1, 0.15) is 36.6 Å². The normalized spacial score (nSPS) is 16.6. The zero-order valence-electron chi connectivity index (χ0n) is 17.7. The molecule has 5 rings (SSSR count). The van der Waals surface area contributed by atoms with Crippen molar-refractivity contribution in [2.75, 3.05) is 0 Å². The summed E-state index contributed by atoms with van der Waals surface area (Å²) in [5.41, 5.74) is -4.17. The second-order valence-corrected chi connectivity index (χ2v) is 8.74. The molecule has 13 heteroatoms. The molecule has 0 saturated heterocycles. The van der Waals surface area contributed by atoms with E-state index in [1.807, 2.05) is 13.8 Å². The van der Waals surface area contributed by atoms with E-state index in [9.17, 15) is 36.3 Å². The Kier molecular flexibility index (Phi) is 5.64. The molecule has 0 fully saturated rings. The summed E-state index contributed by atoms with van der Waals surface area (Å²) in [6, 6.07) is 6.44. The Hall–Kier alpha value is -3.45. The summed E-state index contributed by atoms with van der Waals surface area (Å²) in [6.45, 7) is 3.81. The smallest absolute Gasteiger partial charge is 0.458 e. The Labute approximate surface area is 190 Å². The van der Waals surface area contributed by atoms with Crippen LogP contribution >= 0.6 is 0 Å². The zero-order chi connectivity index (χ0) is 25.0. The number of halogens is 3. The van der Waals surface area contributed by atoms with Crippen molar-refractivity contribution in [2.45, 2.75) is 38.6 Å². The maximum Gasteiger partial charge on any atom is 0.534 e. The number of fused-ring (bicyclic) bond motifs is 5. The minimum Gasteiger partial charge on any atom is -0.458 e. The van der Waals surface area contributed by atoms with Crippen LogP contribution in [0.5, 0.6) is 5.75 Å². The van der Waals surface area contributed by atoms with Gasteiger partial charge in [0.25, 0.3) is 5.56 Å². The summed E-state index contributed by atoms with van der Waals surface area (Å²) in [6.07, 6.45) is -1.60. The van der Waals surface area contributed by atoms with Crippen LogP contribution in [0, 0.1) is 0 Å². The number of carbonyl (C=O) groups excluding carboxylic acids is 1. The summed E-state index contributed by atoms with van der Waals surface area (Å²) < 4.78 is 70.6. The number of cyclic esters (lactones) is 1. The van der Waals surface area contributed by atoms with Crippen LogP contribution in [-0.4, -0.2) is 34.6 Å². The van der Waals surface area contributed by atoms with Crippen molar-refractivity contribution in [2.24, 2.45) is 0 Å². The molecule has 3 aromatic rings. The van der Waals surface area contributed by atoms with E-state index < -0.39 is 39.0 Å². The van der Waals surface area contributed by atoms with Crippen LogP contribution in [0.15, 0.2) is 35.1 Å². The van der Waals surface area contributed by atoms with Crippen LogP contribution in [0.4, 0.5) is 13.2 Å². The fraction of sp³-hybridized carbons (Fsp3) is 0.286. The Morgan fingerprint density at radius 1 is 1.18 bits per heavy atom. The molecule has 2 aromatic heterocycles. The number of esters is 1. The number of alkyl halides is 3. The Balaban J connectivity index is 0.00000133. The van der Waals surface area contributed by atoms with Crippen molar-refractivity contribution in [3.8, 4) is 17.1 Å². The lowest BCUT2D eigenvalue weighted by Gasteiger charge is -2.21. The van der Waals surface area contributed by atoms with Gasteiger partial charge in [-0.2, -0.15) is 21.6 Å². The molecule has 0 radical (unpaired) electrons. The second-order valence-electron chi connectivity index (χ2n) is 7.20. The molecule has 2 aliphatic heterocycles. The number of pyridine rings is 2. The fourth-order valence-corrected chi connectivity index (χ4v) is 4.19. The zero-order valence-corrected chi connectivity index (χ0v) is 18.5. The first-order valence-corrected chi connectivity index (χ1v) is 11.4. The summed E-state index contributed by atoms with van der Waals surface area (Å²) in [7, 11) is -5.83. The minimum atomic E-state index is -5.83. The van der Waals surface area contributed by atoms with Crippen molar-refractivity contribution < 1.29 is 40.4 Å². The number of carbonyl (C=O) groups is 1. The molecular weight excluding hydrogens is 481 g/mol. The van der Waals surface area contributed by atoms with Gasteiger partial charge in [-0.1, -0.05) is 13.8 Å². The van der Waals surface area contributed by atoms with Gasteiger partial charge in [0, 0.05) is 16.5 Å². The Morgan fingerprint density at radius 2 is 1.88 bits per heavy atom. The summed E-state index contributed by atoms with van der Waals surface area (Å²) in [5.74, 6) is -1.41. The van der Waals surface area contributed by atoms with Crippen molar-refractivity contribution in [3.05, 3.63) is 57.4 Å². The van der Waals surface area contributed by atoms with E-state index in [2.05, 4.69) is 9.17 Å². The fourth-order valence-electron chi connectivity index (χ4n) is 3.74. The van der Waals surface area contributed by atoms with Gasteiger partial charge < -0.3 is 18.6 Å². The SMILES string of the molecule is CC.O=C1OCc2c(cc3n(c2=O)Cc2cc4cc(OS(=O)(=O)C(F)(F)F)ccc4nc2-3)C1O. The lowest BCUT2D eigenvalue weighted by molar-refractivity contribution is -0.157. The highest BCUT2D eigenvalue weighted by Crippen LogP contribution is 2.36. The van der Waals surface area contributed by atoms with Gasteiger partial charge in [0.2, 0.25) is 0 Å². The van der Waals surface area contributed by atoms with Gasteiger partial charge in [-0.3, -0.25) is 4.79 Å². The number of hydrogen-bond acceptors (Lipinski definition) is 8. The molecule has 0 bridgehead atoms. The number of hydrogen-bond donors (Lipinski definition) is 1. The van der Waals surface area contributed by atoms with Crippen molar-refractivity contribution in [1.82, 2.24) is 9.55 Å². The number of rotatable bonds is 2. The number of aliphatic hydroxyl groups is 1. The van der Waals surface area contributed by atoms with Crippen LogP contribution in [0.25, 0.3) is 22.3 Å². The van der Waals surface area contributed by atoms with E-state index in [-0.39, 0.29) is 24.3 Å². The molecule has 1 N–H and O–H groups in total. The molecule has 0 amide bonds. The number of aromatic nitrogens is 2.